The minimum Gasteiger partial charge on any atom is -0.383 e. The third-order valence-electron chi connectivity index (χ3n) is 2.46. The molecule has 3 N–H and O–H groups in total. The highest BCUT2D eigenvalue weighted by molar-refractivity contribution is 5.76. The predicted octanol–water partition coefficient (Wildman–Crippen LogP) is 0.732. The highest BCUT2D eigenvalue weighted by Gasteiger charge is 2.03. The molecule has 0 fully saturated rings. The Morgan fingerprint density at radius 2 is 1.89 bits per heavy atom. The van der Waals surface area contributed by atoms with Gasteiger partial charge in [0.05, 0.1) is 4.92 Å². The van der Waals surface area contributed by atoms with Gasteiger partial charge in [0.25, 0.3) is 5.69 Å². The number of nitro groups is 1. The minimum absolute atomic E-state index is 0.000139. The van der Waals surface area contributed by atoms with Crippen LogP contribution in [0.2, 0.25) is 0 Å². The second-order valence-electron chi connectivity index (χ2n) is 3.93. The molecule has 0 heterocycles. The molecule has 0 saturated heterocycles. The number of nitrogens with zero attached hydrogens (tertiary/aromatic N) is 1. The van der Waals surface area contributed by atoms with Crippen LogP contribution in [-0.4, -0.2) is 37.5 Å². The largest absolute Gasteiger partial charge is 0.383 e. The number of hydrogen-bond acceptors (Lipinski definition) is 5. The normalized spacial score (nSPS) is 9.95. The molecule has 0 saturated carbocycles. The van der Waals surface area contributed by atoms with E-state index in [-0.39, 0.29) is 11.6 Å². The fraction of sp³-hybridized carbons (Fsp3) is 0.417. The van der Waals surface area contributed by atoms with Gasteiger partial charge in [-0.05, 0) is 19.2 Å². The molecule has 7 heteroatoms. The molecule has 0 unspecified atom stereocenters. The monoisotopic (exact) mass is 266 g/mol. The van der Waals surface area contributed by atoms with Crippen molar-refractivity contribution in [2.45, 2.75) is 6.42 Å². The van der Waals surface area contributed by atoms with Crippen LogP contribution in [0.5, 0.6) is 0 Å². The van der Waals surface area contributed by atoms with Crippen molar-refractivity contribution in [1.29, 1.82) is 0 Å². The molecule has 0 bridgehead atoms. The summed E-state index contributed by atoms with van der Waals surface area (Å²) in [4.78, 5) is 21.3. The van der Waals surface area contributed by atoms with Crippen LogP contribution >= 0.6 is 0 Å². The van der Waals surface area contributed by atoms with E-state index < -0.39 is 4.92 Å². The van der Waals surface area contributed by atoms with Gasteiger partial charge in [-0.1, -0.05) is 0 Å². The first-order chi connectivity index (χ1) is 9.13. The standard InChI is InChI=1S/C12H18N4O3/c1-13-7-6-12(17)15-9-8-14-10-2-4-11(5-3-10)16(18)19/h2-5,13-14H,6-9H2,1H3,(H,15,17). The van der Waals surface area contributed by atoms with Crippen LogP contribution in [-0.2, 0) is 4.79 Å². The number of non-ortho nitro benzene ring substituents is 1. The molecule has 0 atom stereocenters. The Balaban J connectivity index is 2.22. The molecule has 1 aromatic carbocycles. The van der Waals surface area contributed by atoms with E-state index in [4.69, 9.17) is 0 Å². The Bertz CT molecular complexity index is 419. The van der Waals surface area contributed by atoms with Crippen molar-refractivity contribution in [3.05, 3.63) is 34.4 Å². The molecule has 1 rings (SSSR count). The summed E-state index contributed by atoms with van der Waals surface area (Å²) in [5.41, 5.74) is 0.848. The Kier molecular flexibility index (Phi) is 6.31. The van der Waals surface area contributed by atoms with Crippen LogP contribution in [0.4, 0.5) is 11.4 Å². The predicted molar refractivity (Wildman–Crippen MR) is 73.1 cm³/mol. The number of benzene rings is 1. The zero-order chi connectivity index (χ0) is 14.1. The number of anilines is 1. The summed E-state index contributed by atoms with van der Waals surface area (Å²) >= 11 is 0. The number of hydrogen-bond donors (Lipinski definition) is 3. The third-order valence-corrected chi connectivity index (χ3v) is 2.46. The van der Waals surface area contributed by atoms with Gasteiger partial charge in [-0.2, -0.15) is 0 Å². The van der Waals surface area contributed by atoms with Gasteiger partial charge >= 0.3 is 0 Å². The van der Waals surface area contributed by atoms with E-state index in [1.807, 2.05) is 0 Å². The number of nitrogens with one attached hydrogen (secondary N) is 3. The lowest BCUT2D eigenvalue weighted by molar-refractivity contribution is -0.384. The lowest BCUT2D eigenvalue weighted by atomic mass is 10.3. The summed E-state index contributed by atoms with van der Waals surface area (Å²) in [6.45, 7) is 1.74. The number of carbonyl (C=O) groups is 1. The van der Waals surface area contributed by atoms with Gasteiger partial charge < -0.3 is 16.0 Å². The van der Waals surface area contributed by atoms with E-state index >= 15 is 0 Å². The van der Waals surface area contributed by atoms with Gasteiger partial charge in [0.15, 0.2) is 0 Å². The summed E-state index contributed by atoms with van der Waals surface area (Å²) < 4.78 is 0. The SMILES string of the molecule is CNCCC(=O)NCCNc1ccc([N+](=O)[O-])cc1. The highest BCUT2D eigenvalue weighted by Crippen LogP contribution is 2.14. The van der Waals surface area contributed by atoms with Crippen molar-refractivity contribution in [2.75, 3.05) is 32.0 Å². The van der Waals surface area contributed by atoms with Crippen LogP contribution in [0, 0.1) is 10.1 Å². The molecule has 0 radical (unpaired) electrons. The highest BCUT2D eigenvalue weighted by atomic mass is 16.6. The maximum Gasteiger partial charge on any atom is 0.269 e. The van der Waals surface area contributed by atoms with E-state index in [9.17, 15) is 14.9 Å². The molecule has 0 aliphatic heterocycles. The van der Waals surface area contributed by atoms with E-state index in [1.165, 1.54) is 12.1 Å². The Morgan fingerprint density at radius 3 is 2.47 bits per heavy atom. The number of amides is 1. The van der Waals surface area contributed by atoms with Gasteiger partial charge in [0, 0.05) is 43.9 Å². The van der Waals surface area contributed by atoms with Crippen molar-refractivity contribution in [3.63, 3.8) is 0 Å². The minimum atomic E-state index is -0.439. The number of carbonyl (C=O) groups excluding carboxylic acids is 1. The van der Waals surface area contributed by atoms with Crippen LogP contribution in [0.25, 0.3) is 0 Å². The number of nitro benzene ring substituents is 1. The Morgan fingerprint density at radius 1 is 1.21 bits per heavy atom. The van der Waals surface area contributed by atoms with Crippen LogP contribution in [0.15, 0.2) is 24.3 Å². The zero-order valence-electron chi connectivity index (χ0n) is 10.8. The van der Waals surface area contributed by atoms with Gasteiger partial charge in [-0.3, -0.25) is 14.9 Å². The lowest BCUT2D eigenvalue weighted by Crippen LogP contribution is -2.30. The molecular formula is C12H18N4O3. The topological polar surface area (TPSA) is 96.3 Å². The summed E-state index contributed by atoms with van der Waals surface area (Å²) in [6, 6.07) is 6.16. The quantitative estimate of drug-likeness (QED) is 0.366. The van der Waals surface area contributed by atoms with Gasteiger partial charge in [0.2, 0.25) is 5.91 Å². The third kappa shape index (κ3) is 5.82. The van der Waals surface area contributed by atoms with Crippen LogP contribution in [0.1, 0.15) is 6.42 Å². The zero-order valence-corrected chi connectivity index (χ0v) is 10.8. The molecule has 0 aliphatic carbocycles. The first-order valence-corrected chi connectivity index (χ1v) is 6.03. The second-order valence-corrected chi connectivity index (χ2v) is 3.93. The first kappa shape index (κ1) is 14.9. The average molecular weight is 266 g/mol. The molecule has 0 aromatic heterocycles. The molecule has 0 spiro atoms. The molecular weight excluding hydrogens is 248 g/mol. The fourth-order valence-electron chi connectivity index (χ4n) is 1.44. The summed E-state index contributed by atoms with van der Waals surface area (Å²) in [6.07, 6.45) is 0.452. The van der Waals surface area contributed by atoms with Gasteiger partial charge in [-0.15, -0.1) is 0 Å². The van der Waals surface area contributed by atoms with Gasteiger partial charge in [0.1, 0.15) is 0 Å². The molecule has 7 nitrogen and oxygen atoms in total. The van der Waals surface area contributed by atoms with Crippen molar-refractivity contribution in [2.24, 2.45) is 0 Å². The smallest absolute Gasteiger partial charge is 0.269 e. The van der Waals surface area contributed by atoms with E-state index in [1.54, 1.807) is 19.2 Å². The maximum absolute atomic E-state index is 11.3. The summed E-state index contributed by atoms with van der Waals surface area (Å²) in [7, 11) is 1.80. The lowest BCUT2D eigenvalue weighted by Gasteiger charge is -2.07. The molecule has 0 aliphatic rings. The van der Waals surface area contributed by atoms with Crippen molar-refractivity contribution < 1.29 is 9.72 Å². The summed E-state index contributed by atoms with van der Waals surface area (Å²) in [5.74, 6) is -0.000139. The van der Waals surface area contributed by atoms with Crippen molar-refractivity contribution in [1.82, 2.24) is 10.6 Å². The molecule has 104 valence electrons. The van der Waals surface area contributed by atoms with Crippen LogP contribution < -0.4 is 16.0 Å². The van der Waals surface area contributed by atoms with E-state index in [0.29, 0.717) is 26.1 Å². The second kappa shape index (κ2) is 8.04. The first-order valence-electron chi connectivity index (χ1n) is 6.03. The molecule has 1 aromatic rings. The maximum atomic E-state index is 11.3. The Labute approximate surface area is 111 Å². The Hall–Kier alpha value is -2.15. The fourth-order valence-corrected chi connectivity index (χ4v) is 1.44. The average Bonchev–Trinajstić information content (AvgIpc) is 2.41. The van der Waals surface area contributed by atoms with Crippen molar-refractivity contribution >= 4 is 17.3 Å². The van der Waals surface area contributed by atoms with Crippen LogP contribution in [0.3, 0.4) is 0 Å². The van der Waals surface area contributed by atoms with E-state index in [2.05, 4.69) is 16.0 Å². The van der Waals surface area contributed by atoms with E-state index in [0.717, 1.165) is 5.69 Å². The van der Waals surface area contributed by atoms with Gasteiger partial charge in [-0.25, -0.2) is 0 Å². The molecule has 19 heavy (non-hydrogen) atoms. The number of rotatable bonds is 8. The van der Waals surface area contributed by atoms with Crippen molar-refractivity contribution in [3.8, 4) is 0 Å². The summed E-state index contributed by atoms with van der Waals surface area (Å²) in [5, 5.41) is 19.2. The molecule has 1 amide bonds.